The molecule has 0 aliphatic heterocycles. The van der Waals surface area contributed by atoms with Crippen LogP contribution in [0.15, 0.2) is 24.3 Å². The van der Waals surface area contributed by atoms with Gasteiger partial charge in [-0.1, -0.05) is 25.1 Å². The van der Waals surface area contributed by atoms with Gasteiger partial charge in [0.1, 0.15) is 5.75 Å². The summed E-state index contributed by atoms with van der Waals surface area (Å²) in [6, 6.07) is 6.84. The first kappa shape index (κ1) is 18.8. The van der Waals surface area contributed by atoms with Gasteiger partial charge in [0, 0.05) is 5.56 Å². The molecule has 0 aliphatic rings. The Morgan fingerprint density at radius 3 is 1.76 bits per heavy atom. The van der Waals surface area contributed by atoms with Gasteiger partial charge in [0.25, 0.3) is 0 Å². The molecule has 0 spiro atoms. The van der Waals surface area contributed by atoms with Crippen LogP contribution < -0.4 is 0 Å². The maximum Gasteiger partial charge on any atom is 0.335 e. The third-order valence-corrected chi connectivity index (χ3v) is 2.49. The van der Waals surface area contributed by atoms with Crippen molar-refractivity contribution in [1.82, 2.24) is 0 Å². The molecule has 3 unspecified atom stereocenters. The van der Waals surface area contributed by atoms with Crippen LogP contribution in [-0.2, 0) is 9.59 Å². The highest BCUT2D eigenvalue weighted by Gasteiger charge is 2.29. The van der Waals surface area contributed by atoms with Gasteiger partial charge in [-0.05, 0) is 12.5 Å². The number of para-hydroxylation sites is 1. The van der Waals surface area contributed by atoms with Gasteiger partial charge in [-0.25, -0.2) is 9.59 Å². The molecule has 8 nitrogen and oxygen atoms in total. The van der Waals surface area contributed by atoms with Crippen molar-refractivity contribution in [3.05, 3.63) is 29.8 Å². The predicted octanol–water partition coefficient (Wildman–Crippen LogP) is -0.287. The van der Waals surface area contributed by atoms with E-state index in [0.29, 0.717) is 12.0 Å². The summed E-state index contributed by atoms with van der Waals surface area (Å²) >= 11 is 0. The largest absolute Gasteiger partial charge is 0.508 e. The second kappa shape index (κ2) is 8.90. The average Bonchev–Trinajstić information content (AvgIpc) is 2.45. The maximum absolute atomic E-state index is 9.77. The van der Waals surface area contributed by atoms with Crippen LogP contribution in [0.3, 0.4) is 0 Å². The van der Waals surface area contributed by atoms with Crippen LogP contribution >= 0.6 is 0 Å². The van der Waals surface area contributed by atoms with E-state index in [0.717, 1.165) is 0 Å². The van der Waals surface area contributed by atoms with E-state index in [2.05, 4.69) is 0 Å². The number of rotatable bonds is 5. The quantitative estimate of drug-likeness (QED) is 0.433. The average molecular weight is 302 g/mol. The molecule has 0 saturated carbocycles. The lowest BCUT2D eigenvalue weighted by Crippen LogP contribution is -2.39. The fourth-order valence-electron chi connectivity index (χ4n) is 1.26. The molecule has 6 N–H and O–H groups in total. The van der Waals surface area contributed by atoms with Gasteiger partial charge < -0.3 is 30.6 Å². The summed E-state index contributed by atoms with van der Waals surface area (Å²) in [5.74, 6) is -3.37. The summed E-state index contributed by atoms with van der Waals surface area (Å²) in [5, 5.41) is 51.1. The molecule has 1 aromatic rings. The summed E-state index contributed by atoms with van der Waals surface area (Å²) in [6.07, 6.45) is -4.46. The summed E-state index contributed by atoms with van der Waals surface area (Å²) in [7, 11) is 0. The van der Waals surface area contributed by atoms with Crippen molar-refractivity contribution in [2.45, 2.75) is 31.7 Å². The van der Waals surface area contributed by atoms with Crippen molar-refractivity contribution in [2.24, 2.45) is 0 Å². The number of carbonyl (C=O) groups is 2. The first-order chi connectivity index (χ1) is 9.72. The minimum Gasteiger partial charge on any atom is -0.508 e. The Hall–Kier alpha value is -2.16. The molecule has 0 aliphatic carbocycles. The first-order valence-corrected chi connectivity index (χ1v) is 6.00. The summed E-state index contributed by atoms with van der Waals surface area (Å²) < 4.78 is 0. The van der Waals surface area contributed by atoms with Crippen molar-refractivity contribution >= 4 is 11.9 Å². The molecule has 0 heterocycles. The minimum absolute atomic E-state index is 0.168. The predicted molar refractivity (Wildman–Crippen MR) is 70.6 cm³/mol. The monoisotopic (exact) mass is 302 g/mol. The highest BCUT2D eigenvalue weighted by atomic mass is 16.4. The third kappa shape index (κ3) is 6.21. The first-order valence-electron chi connectivity index (χ1n) is 6.00. The fraction of sp³-hybridized carbons (Fsp3) is 0.385. The summed E-state index contributed by atoms with van der Waals surface area (Å²) in [5.41, 5.74) is 0.606. The number of phenols is 1. The Kier molecular flexibility index (Phi) is 7.99. The SMILES string of the molecule is CCC(O)c1ccccc1O.O=C(O)C(O)C(O)C(=O)O. The number of aliphatic hydroxyl groups excluding tert-OH is 3. The van der Waals surface area contributed by atoms with Gasteiger partial charge in [0.05, 0.1) is 6.10 Å². The molecule has 0 amide bonds. The van der Waals surface area contributed by atoms with E-state index < -0.39 is 30.3 Å². The Bertz CT molecular complexity index is 455. The molecule has 21 heavy (non-hydrogen) atoms. The minimum atomic E-state index is -2.27. The van der Waals surface area contributed by atoms with Crippen LogP contribution in [0.25, 0.3) is 0 Å². The van der Waals surface area contributed by atoms with Crippen LogP contribution in [-0.4, -0.2) is 54.8 Å². The van der Waals surface area contributed by atoms with Crippen LogP contribution in [0.1, 0.15) is 25.0 Å². The number of aliphatic hydroxyl groups is 3. The van der Waals surface area contributed by atoms with Gasteiger partial charge in [-0.15, -0.1) is 0 Å². The summed E-state index contributed by atoms with van der Waals surface area (Å²) in [6.45, 7) is 1.87. The maximum atomic E-state index is 9.77. The number of benzene rings is 1. The lowest BCUT2D eigenvalue weighted by atomic mass is 10.1. The van der Waals surface area contributed by atoms with E-state index in [-0.39, 0.29) is 5.75 Å². The van der Waals surface area contributed by atoms with Crippen molar-refractivity contribution in [2.75, 3.05) is 0 Å². The molecule has 0 aromatic heterocycles. The van der Waals surface area contributed by atoms with Gasteiger partial charge in [0.15, 0.2) is 12.2 Å². The van der Waals surface area contributed by atoms with Crippen molar-refractivity contribution < 1.29 is 40.2 Å². The molecule has 1 aromatic carbocycles. The second-order valence-electron chi connectivity index (χ2n) is 4.05. The lowest BCUT2D eigenvalue weighted by Gasteiger charge is -2.08. The van der Waals surface area contributed by atoms with Gasteiger partial charge >= 0.3 is 11.9 Å². The Morgan fingerprint density at radius 1 is 1.00 bits per heavy atom. The Morgan fingerprint density at radius 2 is 1.43 bits per heavy atom. The number of carboxylic acid groups (broad SMARTS) is 2. The van der Waals surface area contributed by atoms with E-state index in [1.807, 2.05) is 6.92 Å². The fourth-order valence-corrected chi connectivity index (χ4v) is 1.26. The standard InChI is InChI=1S/C9H12O2.C4H6O6/c1-2-8(10)7-5-3-4-6-9(7)11;5-1(3(7)8)2(6)4(9)10/h3-6,8,10-11H,2H2,1H3;1-2,5-6H,(H,7,8)(H,9,10). The lowest BCUT2D eigenvalue weighted by molar-refractivity contribution is -0.165. The van der Waals surface area contributed by atoms with E-state index in [1.165, 1.54) is 0 Å². The number of carboxylic acids is 2. The number of aromatic hydroxyl groups is 1. The normalized spacial score (nSPS) is 14.3. The van der Waals surface area contributed by atoms with Crippen LogP contribution in [0.5, 0.6) is 5.75 Å². The highest BCUT2D eigenvalue weighted by Crippen LogP contribution is 2.24. The zero-order valence-electron chi connectivity index (χ0n) is 11.2. The molecule has 0 radical (unpaired) electrons. The molecule has 3 atom stereocenters. The van der Waals surface area contributed by atoms with Crippen LogP contribution in [0.2, 0.25) is 0 Å². The Balaban J connectivity index is 0.000000384. The number of phenolic OH excluding ortho intramolecular Hbond substituents is 1. The molecule has 0 bridgehead atoms. The van der Waals surface area contributed by atoms with Crippen LogP contribution in [0.4, 0.5) is 0 Å². The molecule has 1 rings (SSSR count). The van der Waals surface area contributed by atoms with Gasteiger partial charge in [0.2, 0.25) is 0 Å². The van der Waals surface area contributed by atoms with Gasteiger partial charge in [-0.3, -0.25) is 0 Å². The number of hydrogen-bond acceptors (Lipinski definition) is 6. The van der Waals surface area contributed by atoms with Crippen molar-refractivity contribution in [3.8, 4) is 5.75 Å². The van der Waals surface area contributed by atoms with E-state index in [4.69, 9.17) is 20.4 Å². The van der Waals surface area contributed by atoms with Gasteiger partial charge in [-0.2, -0.15) is 0 Å². The zero-order chi connectivity index (χ0) is 16.6. The zero-order valence-corrected chi connectivity index (χ0v) is 11.2. The third-order valence-electron chi connectivity index (χ3n) is 2.49. The number of hydrogen-bond donors (Lipinski definition) is 6. The Labute approximate surface area is 120 Å². The molecule has 8 heteroatoms. The van der Waals surface area contributed by atoms with E-state index in [1.54, 1.807) is 24.3 Å². The molecule has 0 saturated heterocycles. The number of aliphatic carboxylic acids is 2. The molecular weight excluding hydrogens is 284 g/mol. The van der Waals surface area contributed by atoms with Crippen molar-refractivity contribution in [1.29, 1.82) is 0 Å². The molecular formula is C13H18O8. The summed E-state index contributed by atoms with van der Waals surface area (Å²) in [4.78, 5) is 19.5. The van der Waals surface area contributed by atoms with Crippen LogP contribution in [0, 0.1) is 0 Å². The highest BCUT2D eigenvalue weighted by molar-refractivity contribution is 5.83. The topological polar surface area (TPSA) is 156 Å². The smallest absolute Gasteiger partial charge is 0.335 e. The van der Waals surface area contributed by atoms with Crippen molar-refractivity contribution in [3.63, 3.8) is 0 Å². The molecule has 118 valence electrons. The molecule has 0 fully saturated rings. The van der Waals surface area contributed by atoms with E-state index in [9.17, 15) is 19.8 Å². The second-order valence-corrected chi connectivity index (χ2v) is 4.05. The van der Waals surface area contributed by atoms with E-state index >= 15 is 0 Å².